The van der Waals surface area contributed by atoms with Gasteiger partial charge in [-0.15, -0.1) is 0 Å². The van der Waals surface area contributed by atoms with Crippen LogP contribution in [-0.2, 0) is 4.79 Å². The van der Waals surface area contributed by atoms with E-state index in [1.54, 1.807) is 0 Å². The van der Waals surface area contributed by atoms with Gasteiger partial charge in [0.1, 0.15) is 0 Å². The molecule has 3 aliphatic rings. The Labute approximate surface area is 90.4 Å². The van der Waals surface area contributed by atoms with Crippen molar-refractivity contribution in [3.05, 3.63) is 0 Å². The summed E-state index contributed by atoms with van der Waals surface area (Å²) in [5.74, 6) is 0.888. The minimum Gasteiger partial charge on any atom is -0.353 e. The van der Waals surface area contributed by atoms with Crippen molar-refractivity contribution in [2.24, 2.45) is 5.92 Å². The number of carbonyl (C=O) groups excluding carboxylic acids is 1. The molecule has 84 valence electrons. The van der Waals surface area contributed by atoms with Gasteiger partial charge in [-0.05, 0) is 38.3 Å². The zero-order valence-electron chi connectivity index (χ0n) is 9.09. The minimum absolute atomic E-state index is 0.152. The predicted molar refractivity (Wildman–Crippen MR) is 57.5 cm³/mol. The standard InChI is InChI=1S/C11H19N3O/c15-10-6-13-11(8-12-10)3-5-14-4-1-2-9(11)7-14/h9,13H,1-8H2,(H,12,15). The van der Waals surface area contributed by atoms with Gasteiger partial charge in [0.25, 0.3) is 0 Å². The molecular formula is C11H19N3O. The molecule has 0 aromatic heterocycles. The quantitative estimate of drug-likeness (QED) is 0.568. The third-order valence-electron chi connectivity index (χ3n) is 4.36. The number of nitrogens with one attached hydrogen (secondary N) is 2. The number of hydrogen-bond donors (Lipinski definition) is 2. The first kappa shape index (κ1) is 9.60. The van der Waals surface area contributed by atoms with Crippen LogP contribution in [0.1, 0.15) is 19.3 Å². The third kappa shape index (κ3) is 1.56. The van der Waals surface area contributed by atoms with Gasteiger partial charge in [-0.3, -0.25) is 4.79 Å². The van der Waals surface area contributed by atoms with E-state index in [9.17, 15) is 4.79 Å². The van der Waals surface area contributed by atoms with Gasteiger partial charge in [-0.1, -0.05) is 0 Å². The Morgan fingerprint density at radius 3 is 3.13 bits per heavy atom. The fourth-order valence-electron chi connectivity index (χ4n) is 3.37. The molecule has 3 atom stereocenters. The number of piperidine rings is 2. The van der Waals surface area contributed by atoms with Crippen LogP contribution in [0.2, 0.25) is 0 Å². The Kier molecular flexibility index (Phi) is 2.21. The summed E-state index contributed by atoms with van der Waals surface area (Å²) in [6, 6.07) is 0. The zero-order valence-corrected chi connectivity index (χ0v) is 9.09. The maximum atomic E-state index is 11.2. The highest BCUT2D eigenvalue weighted by Crippen LogP contribution is 2.35. The van der Waals surface area contributed by atoms with Gasteiger partial charge in [0, 0.05) is 18.6 Å². The van der Waals surface area contributed by atoms with Crippen LogP contribution in [0.5, 0.6) is 0 Å². The number of nitrogens with zero attached hydrogens (tertiary/aromatic N) is 1. The van der Waals surface area contributed by atoms with Gasteiger partial charge in [0.2, 0.25) is 5.91 Å². The smallest absolute Gasteiger partial charge is 0.234 e. The molecule has 2 N–H and O–H groups in total. The second-order valence-corrected chi connectivity index (χ2v) is 5.18. The summed E-state index contributed by atoms with van der Waals surface area (Å²) in [6.07, 6.45) is 3.83. The molecule has 3 rings (SSSR count). The molecule has 2 bridgehead atoms. The fraction of sp³-hybridized carbons (Fsp3) is 0.909. The number of amides is 1. The molecule has 4 nitrogen and oxygen atoms in total. The van der Waals surface area contributed by atoms with Crippen LogP contribution in [0.4, 0.5) is 0 Å². The van der Waals surface area contributed by atoms with Crippen molar-refractivity contribution in [1.82, 2.24) is 15.5 Å². The summed E-state index contributed by atoms with van der Waals surface area (Å²) in [5, 5.41) is 6.53. The Hall–Kier alpha value is -0.610. The maximum absolute atomic E-state index is 11.2. The van der Waals surface area contributed by atoms with Crippen molar-refractivity contribution in [3.8, 4) is 0 Å². The van der Waals surface area contributed by atoms with Gasteiger partial charge >= 0.3 is 0 Å². The molecular weight excluding hydrogens is 190 g/mol. The van der Waals surface area contributed by atoms with Crippen molar-refractivity contribution in [2.75, 3.05) is 32.7 Å². The summed E-state index contributed by atoms with van der Waals surface area (Å²) in [7, 11) is 0. The minimum atomic E-state index is 0.152. The second kappa shape index (κ2) is 3.46. The first-order valence-electron chi connectivity index (χ1n) is 6.03. The number of hydrogen-bond acceptors (Lipinski definition) is 3. The van der Waals surface area contributed by atoms with Crippen molar-refractivity contribution in [3.63, 3.8) is 0 Å². The monoisotopic (exact) mass is 209 g/mol. The summed E-state index contributed by atoms with van der Waals surface area (Å²) in [4.78, 5) is 13.7. The van der Waals surface area contributed by atoms with Gasteiger partial charge < -0.3 is 15.5 Å². The van der Waals surface area contributed by atoms with Crippen LogP contribution in [0.15, 0.2) is 0 Å². The highest BCUT2D eigenvalue weighted by Gasteiger charge is 2.45. The topological polar surface area (TPSA) is 44.4 Å². The third-order valence-corrected chi connectivity index (χ3v) is 4.36. The molecule has 0 aromatic carbocycles. The van der Waals surface area contributed by atoms with E-state index in [-0.39, 0.29) is 11.4 Å². The lowest BCUT2D eigenvalue weighted by atomic mass is 9.72. The molecule has 3 aliphatic heterocycles. The first-order valence-corrected chi connectivity index (χ1v) is 6.03. The summed E-state index contributed by atoms with van der Waals surface area (Å²) < 4.78 is 0. The van der Waals surface area contributed by atoms with Crippen molar-refractivity contribution in [2.45, 2.75) is 24.8 Å². The van der Waals surface area contributed by atoms with Gasteiger partial charge in [0.05, 0.1) is 6.54 Å². The molecule has 15 heavy (non-hydrogen) atoms. The number of fused-ring (bicyclic) bond motifs is 3. The van der Waals surface area contributed by atoms with Gasteiger partial charge in [0.15, 0.2) is 0 Å². The Balaban J connectivity index is 1.76. The Bertz CT molecular complexity index is 269. The van der Waals surface area contributed by atoms with Crippen molar-refractivity contribution < 1.29 is 4.79 Å². The van der Waals surface area contributed by atoms with Crippen LogP contribution >= 0.6 is 0 Å². The predicted octanol–water partition coefficient (Wildman–Crippen LogP) is -0.440. The second-order valence-electron chi connectivity index (χ2n) is 5.18. The summed E-state index contributed by atoms with van der Waals surface area (Å²) in [6.45, 7) is 5.04. The van der Waals surface area contributed by atoms with E-state index in [1.165, 1.54) is 38.9 Å². The summed E-state index contributed by atoms with van der Waals surface area (Å²) in [5.41, 5.74) is 0.213. The first-order chi connectivity index (χ1) is 7.28. The molecule has 3 saturated heterocycles. The largest absolute Gasteiger partial charge is 0.353 e. The number of carbonyl (C=O) groups is 1. The molecule has 4 heteroatoms. The lowest BCUT2D eigenvalue weighted by molar-refractivity contribution is -0.124. The van der Waals surface area contributed by atoms with Crippen LogP contribution < -0.4 is 10.6 Å². The lowest BCUT2D eigenvalue weighted by Gasteiger charge is -2.52. The van der Waals surface area contributed by atoms with Gasteiger partial charge in [-0.25, -0.2) is 0 Å². The normalized spacial score (nSPS) is 45.2. The highest BCUT2D eigenvalue weighted by molar-refractivity contribution is 5.79. The van der Waals surface area contributed by atoms with Crippen molar-refractivity contribution >= 4 is 5.91 Å². The van der Waals surface area contributed by atoms with Crippen LogP contribution in [0.3, 0.4) is 0 Å². The molecule has 0 aliphatic carbocycles. The highest BCUT2D eigenvalue weighted by atomic mass is 16.2. The van der Waals surface area contributed by atoms with E-state index in [4.69, 9.17) is 0 Å². The van der Waals surface area contributed by atoms with Crippen molar-refractivity contribution in [1.29, 1.82) is 0 Å². The average molecular weight is 209 g/mol. The van der Waals surface area contributed by atoms with E-state index >= 15 is 0 Å². The molecule has 0 saturated carbocycles. The number of rotatable bonds is 0. The van der Waals surface area contributed by atoms with E-state index in [0.29, 0.717) is 6.54 Å². The lowest BCUT2D eigenvalue weighted by Crippen LogP contribution is -2.70. The van der Waals surface area contributed by atoms with Crippen LogP contribution in [0.25, 0.3) is 0 Å². The van der Waals surface area contributed by atoms with Crippen LogP contribution in [-0.4, -0.2) is 49.1 Å². The van der Waals surface area contributed by atoms with E-state index in [2.05, 4.69) is 15.5 Å². The average Bonchev–Trinajstić information content (AvgIpc) is 2.28. The van der Waals surface area contributed by atoms with E-state index < -0.39 is 0 Å². The number of piperazine rings is 1. The Morgan fingerprint density at radius 1 is 1.40 bits per heavy atom. The van der Waals surface area contributed by atoms with E-state index in [1.807, 2.05) is 0 Å². The van der Waals surface area contributed by atoms with Gasteiger partial charge in [-0.2, -0.15) is 0 Å². The molecule has 1 amide bonds. The Morgan fingerprint density at radius 2 is 2.33 bits per heavy atom. The molecule has 3 fully saturated rings. The fourth-order valence-corrected chi connectivity index (χ4v) is 3.37. The zero-order chi connectivity index (χ0) is 10.3. The van der Waals surface area contributed by atoms with Crippen LogP contribution in [0, 0.1) is 5.92 Å². The molecule has 0 aromatic rings. The molecule has 3 unspecified atom stereocenters. The SMILES string of the molecule is O=C1CNC2(CCN3CCCC2C3)CN1. The molecule has 0 radical (unpaired) electrons. The molecule has 1 spiro atoms. The summed E-state index contributed by atoms with van der Waals surface area (Å²) >= 11 is 0. The van der Waals surface area contributed by atoms with E-state index in [0.717, 1.165) is 12.5 Å². The maximum Gasteiger partial charge on any atom is 0.234 e. The molecule has 3 heterocycles.